The molecule has 1 N–H and O–H groups in total. The van der Waals surface area contributed by atoms with Gasteiger partial charge < -0.3 is 9.84 Å². The molecule has 0 aromatic heterocycles. The molecule has 0 bridgehead atoms. The monoisotopic (exact) mass is 188 g/mol. The third-order valence-electron chi connectivity index (χ3n) is 2.64. The molecule has 2 atom stereocenters. The summed E-state index contributed by atoms with van der Waals surface area (Å²) in [4.78, 5) is 0. The second-order valence-corrected chi connectivity index (χ2v) is 5.23. The van der Waals surface area contributed by atoms with Gasteiger partial charge in [-0.1, -0.05) is 12.8 Å². The topological polar surface area (TPSA) is 29.5 Å². The third kappa shape index (κ3) is 1.95. The Balaban J connectivity index is 1.76. The van der Waals surface area contributed by atoms with Crippen LogP contribution in [0.2, 0.25) is 0 Å². The Kier molecular flexibility index (Phi) is 2.94. The Morgan fingerprint density at radius 2 is 1.92 bits per heavy atom. The molecule has 2 nitrogen and oxygen atoms in total. The zero-order chi connectivity index (χ0) is 8.39. The van der Waals surface area contributed by atoms with Gasteiger partial charge in [-0.25, -0.2) is 0 Å². The normalized spacial score (nSPS) is 37.8. The Hall–Kier alpha value is 0.270. The molecule has 12 heavy (non-hydrogen) atoms. The van der Waals surface area contributed by atoms with Crippen LogP contribution in [0.25, 0.3) is 0 Å². The van der Waals surface area contributed by atoms with Crippen LogP contribution in [0.1, 0.15) is 25.7 Å². The molecule has 0 amide bonds. The molecule has 1 saturated carbocycles. The number of hydrogen-bond donors (Lipinski definition) is 1. The number of aliphatic hydroxyl groups is 1. The fourth-order valence-electron chi connectivity index (χ4n) is 1.78. The van der Waals surface area contributed by atoms with Crippen molar-refractivity contribution < 1.29 is 9.84 Å². The summed E-state index contributed by atoms with van der Waals surface area (Å²) in [5.41, 5.74) is 0. The van der Waals surface area contributed by atoms with Crippen molar-refractivity contribution in [1.82, 2.24) is 0 Å². The minimum Gasteiger partial charge on any atom is -0.392 e. The fraction of sp³-hybridized carbons (Fsp3) is 1.00. The number of thioether (sulfide) groups is 1. The molecule has 0 unspecified atom stereocenters. The van der Waals surface area contributed by atoms with Crippen molar-refractivity contribution >= 4 is 11.8 Å². The highest BCUT2D eigenvalue weighted by atomic mass is 32.2. The van der Waals surface area contributed by atoms with Crippen molar-refractivity contribution in [3.8, 4) is 0 Å². The summed E-state index contributed by atoms with van der Waals surface area (Å²) >= 11 is 1.94. The van der Waals surface area contributed by atoms with E-state index in [9.17, 15) is 5.11 Å². The first-order valence-corrected chi connectivity index (χ1v) is 5.72. The molecule has 0 aromatic carbocycles. The molecule has 1 heterocycles. The molecule has 2 aliphatic rings. The van der Waals surface area contributed by atoms with Gasteiger partial charge in [0, 0.05) is 5.25 Å². The largest absolute Gasteiger partial charge is 0.392 e. The van der Waals surface area contributed by atoms with E-state index >= 15 is 0 Å². The fourth-order valence-corrected chi connectivity index (χ4v) is 3.24. The summed E-state index contributed by atoms with van der Waals surface area (Å²) in [6, 6.07) is 0. The zero-order valence-electron chi connectivity index (χ0n) is 7.24. The van der Waals surface area contributed by atoms with Gasteiger partial charge in [-0.05, 0) is 12.8 Å². The predicted octanol–water partition coefficient (Wildman–Crippen LogP) is 1.42. The lowest BCUT2D eigenvalue weighted by Crippen LogP contribution is -2.36. The Labute approximate surface area is 77.7 Å². The molecule has 1 saturated heterocycles. The summed E-state index contributed by atoms with van der Waals surface area (Å²) < 4.78 is 5.11. The van der Waals surface area contributed by atoms with Gasteiger partial charge in [-0.15, -0.1) is 11.8 Å². The quantitative estimate of drug-likeness (QED) is 0.710. The van der Waals surface area contributed by atoms with Crippen LogP contribution in [-0.2, 0) is 4.74 Å². The zero-order valence-corrected chi connectivity index (χ0v) is 8.05. The summed E-state index contributed by atoms with van der Waals surface area (Å²) in [6.07, 6.45) is 4.65. The van der Waals surface area contributed by atoms with Crippen molar-refractivity contribution in [2.24, 2.45) is 0 Å². The second-order valence-electron chi connectivity index (χ2n) is 3.69. The van der Waals surface area contributed by atoms with E-state index in [0.717, 1.165) is 19.6 Å². The van der Waals surface area contributed by atoms with Crippen molar-refractivity contribution in [3.05, 3.63) is 0 Å². The highest BCUT2D eigenvalue weighted by Crippen LogP contribution is 2.33. The van der Waals surface area contributed by atoms with E-state index in [1.54, 1.807) is 0 Å². The molecule has 70 valence electrons. The predicted molar refractivity (Wildman–Crippen MR) is 50.5 cm³/mol. The van der Waals surface area contributed by atoms with Crippen molar-refractivity contribution in [1.29, 1.82) is 0 Å². The Morgan fingerprint density at radius 1 is 1.17 bits per heavy atom. The Morgan fingerprint density at radius 3 is 2.50 bits per heavy atom. The van der Waals surface area contributed by atoms with Crippen LogP contribution in [0.15, 0.2) is 0 Å². The molecule has 2 fully saturated rings. The number of hydrogen-bond acceptors (Lipinski definition) is 3. The van der Waals surface area contributed by atoms with Crippen LogP contribution in [0, 0.1) is 0 Å². The average Bonchev–Trinajstić information content (AvgIpc) is 2.00. The molecule has 2 rings (SSSR count). The molecule has 0 radical (unpaired) electrons. The van der Waals surface area contributed by atoms with Gasteiger partial charge in [0.15, 0.2) is 0 Å². The van der Waals surface area contributed by atoms with Gasteiger partial charge in [-0.3, -0.25) is 0 Å². The van der Waals surface area contributed by atoms with E-state index in [1.165, 1.54) is 19.3 Å². The first-order valence-electron chi connectivity index (χ1n) is 4.77. The maximum absolute atomic E-state index is 9.68. The van der Waals surface area contributed by atoms with Crippen LogP contribution in [0.5, 0.6) is 0 Å². The van der Waals surface area contributed by atoms with E-state index in [0.29, 0.717) is 10.5 Å². The van der Waals surface area contributed by atoms with Crippen LogP contribution in [-0.4, -0.2) is 34.9 Å². The van der Waals surface area contributed by atoms with Crippen molar-refractivity contribution in [2.45, 2.75) is 42.3 Å². The van der Waals surface area contributed by atoms with Gasteiger partial charge >= 0.3 is 0 Å². The lowest BCUT2D eigenvalue weighted by atomic mass is 9.97. The van der Waals surface area contributed by atoms with Crippen LogP contribution < -0.4 is 0 Å². The summed E-state index contributed by atoms with van der Waals surface area (Å²) in [7, 11) is 0. The summed E-state index contributed by atoms with van der Waals surface area (Å²) in [6.45, 7) is 1.79. The van der Waals surface area contributed by atoms with E-state index in [1.807, 2.05) is 11.8 Å². The maximum Gasteiger partial charge on any atom is 0.0658 e. The number of ether oxygens (including phenoxy) is 1. The van der Waals surface area contributed by atoms with E-state index in [-0.39, 0.29) is 6.10 Å². The standard InChI is InChI=1S/C9H16O2S/c10-8-3-1-2-4-9(8)12-7-5-11-6-7/h7-10H,1-6H2/t8-,9-/m0/s1. The molecule has 0 aromatic rings. The first kappa shape index (κ1) is 8.85. The molecular weight excluding hydrogens is 172 g/mol. The number of rotatable bonds is 2. The summed E-state index contributed by atoms with van der Waals surface area (Å²) in [5.74, 6) is 0. The van der Waals surface area contributed by atoms with Gasteiger partial charge in [-0.2, -0.15) is 0 Å². The molecule has 3 heteroatoms. The van der Waals surface area contributed by atoms with E-state index in [4.69, 9.17) is 4.74 Å². The Bertz CT molecular complexity index is 147. The SMILES string of the molecule is O[C@H]1CCCC[C@@H]1SC1COC1. The molecule has 1 aliphatic heterocycles. The van der Waals surface area contributed by atoms with Gasteiger partial charge in [0.1, 0.15) is 0 Å². The highest BCUT2D eigenvalue weighted by Gasteiger charge is 2.29. The smallest absolute Gasteiger partial charge is 0.0658 e. The van der Waals surface area contributed by atoms with Crippen LogP contribution in [0.3, 0.4) is 0 Å². The minimum atomic E-state index is -0.0515. The maximum atomic E-state index is 9.68. The average molecular weight is 188 g/mol. The van der Waals surface area contributed by atoms with Crippen LogP contribution >= 0.6 is 11.8 Å². The second kappa shape index (κ2) is 3.99. The molecular formula is C9H16O2S. The van der Waals surface area contributed by atoms with Gasteiger partial charge in [0.25, 0.3) is 0 Å². The third-order valence-corrected chi connectivity index (χ3v) is 4.20. The summed E-state index contributed by atoms with van der Waals surface area (Å²) in [5, 5.41) is 10.8. The number of aliphatic hydroxyl groups excluding tert-OH is 1. The highest BCUT2D eigenvalue weighted by molar-refractivity contribution is 8.00. The lowest BCUT2D eigenvalue weighted by molar-refractivity contribution is 0.0442. The van der Waals surface area contributed by atoms with Crippen molar-refractivity contribution in [2.75, 3.05) is 13.2 Å². The van der Waals surface area contributed by atoms with Crippen molar-refractivity contribution in [3.63, 3.8) is 0 Å². The van der Waals surface area contributed by atoms with E-state index < -0.39 is 0 Å². The minimum absolute atomic E-state index is 0.0515. The molecule has 1 aliphatic carbocycles. The van der Waals surface area contributed by atoms with E-state index in [2.05, 4.69) is 0 Å². The van der Waals surface area contributed by atoms with Gasteiger partial charge in [0.05, 0.1) is 24.6 Å². The lowest BCUT2D eigenvalue weighted by Gasteiger charge is -2.33. The first-order chi connectivity index (χ1) is 5.86. The van der Waals surface area contributed by atoms with Gasteiger partial charge in [0.2, 0.25) is 0 Å². The van der Waals surface area contributed by atoms with Crippen LogP contribution in [0.4, 0.5) is 0 Å². The molecule has 0 spiro atoms.